The highest BCUT2D eigenvalue weighted by molar-refractivity contribution is 7.93. The zero-order valence-electron chi connectivity index (χ0n) is 5.20. The Labute approximate surface area is 69.2 Å². The summed E-state index contributed by atoms with van der Waals surface area (Å²) in [4.78, 5) is 0. The highest BCUT2D eigenvalue weighted by Gasteiger charge is 2.66. The summed E-state index contributed by atoms with van der Waals surface area (Å²) >= 11 is 4.42. The first-order chi connectivity index (χ1) is 5.06. The molecule has 0 aromatic heterocycles. The van der Waals surface area contributed by atoms with E-state index in [4.69, 9.17) is 0 Å². The van der Waals surface area contributed by atoms with Crippen LogP contribution in [-0.4, -0.2) is 25.1 Å². The van der Waals surface area contributed by atoms with Gasteiger partial charge in [-0.25, -0.2) is 8.42 Å². The zero-order valence-corrected chi connectivity index (χ0v) is 6.77. The maximum atomic E-state index is 11.9. The number of halogens is 6. The van der Waals surface area contributed by atoms with Crippen molar-refractivity contribution in [2.75, 3.05) is 5.21 Å². The van der Waals surface area contributed by atoms with Crippen molar-refractivity contribution in [1.82, 2.24) is 0 Å². The summed E-state index contributed by atoms with van der Waals surface area (Å²) in [5, 5.41) is -7.55. The first-order valence-corrected chi connectivity index (χ1v) is 4.48. The van der Waals surface area contributed by atoms with E-state index in [-0.39, 0.29) is 0 Å². The van der Waals surface area contributed by atoms with E-state index in [0.29, 0.717) is 0 Å². The van der Waals surface area contributed by atoms with Gasteiger partial charge in [0.15, 0.2) is 0 Å². The fourth-order valence-electron chi connectivity index (χ4n) is 0.245. The average molecular weight is 233 g/mol. The maximum absolute atomic E-state index is 11.9. The Morgan fingerprint density at radius 1 is 1.08 bits per heavy atom. The van der Waals surface area contributed by atoms with Gasteiger partial charge in [0.1, 0.15) is 5.21 Å². The van der Waals surface area contributed by atoms with Crippen LogP contribution in [0.4, 0.5) is 22.0 Å². The van der Waals surface area contributed by atoms with Gasteiger partial charge in [0.25, 0.3) is 0 Å². The highest BCUT2D eigenvalue weighted by Crippen LogP contribution is 2.40. The largest absolute Gasteiger partial charge is 0.469 e. The van der Waals surface area contributed by atoms with Crippen molar-refractivity contribution >= 4 is 21.4 Å². The molecule has 0 aromatic rings. The molecule has 2 nitrogen and oxygen atoms in total. The van der Waals surface area contributed by atoms with Crippen molar-refractivity contribution < 1.29 is 30.4 Å². The van der Waals surface area contributed by atoms with Crippen LogP contribution in [0.1, 0.15) is 0 Å². The van der Waals surface area contributed by atoms with Gasteiger partial charge in [0.2, 0.25) is 9.84 Å². The third-order valence-electron chi connectivity index (χ3n) is 0.864. The molecule has 0 saturated heterocycles. The van der Waals surface area contributed by atoms with E-state index in [0.717, 1.165) is 0 Å². The van der Waals surface area contributed by atoms with Crippen molar-refractivity contribution in [3.8, 4) is 0 Å². The number of sulfone groups is 1. The van der Waals surface area contributed by atoms with Crippen LogP contribution in [0.5, 0.6) is 0 Å². The summed E-state index contributed by atoms with van der Waals surface area (Å²) in [7, 11) is -5.65. The van der Waals surface area contributed by atoms with Crippen LogP contribution in [0.2, 0.25) is 0 Å². The summed E-state index contributed by atoms with van der Waals surface area (Å²) in [6, 6.07) is 0. The van der Waals surface area contributed by atoms with Gasteiger partial charge in [-0.15, -0.1) is 11.6 Å². The molecule has 0 N–H and O–H groups in total. The minimum atomic E-state index is -6.12. The van der Waals surface area contributed by atoms with E-state index in [1.165, 1.54) is 0 Å². The first kappa shape index (κ1) is 11.9. The van der Waals surface area contributed by atoms with Crippen LogP contribution < -0.4 is 0 Å². The quantitative estimate of drug-likeness (QED) is 0.537. The molecule has 0 aliphatic carbocycles. The second-order valence-electron chi connectivity index (χ2n) is 1.74. The summed E-state index contributed by atoms with van der Waals surface area (Å²) in [6.07, 6.45) is -6.12. The first-order valence-electron chi connectivity index (χ1n) is 2.29. The Kier molecular flexibility index (Phi) is 2.96. The number of hydrogen-bond acceptors (Lipinski definition) is 2. The monoisotopic (exact) mass is 232 g/mol. The van der Waals surface area contributed by atoms with Crippen LogP contribution in [0, 0.1) is 0 Å². The van der Waals surface area contributed by atoms with Gasteiger partial charge in [-0.3, -0.25) is 0 Å². The smallest absolute Gasteiger partial charge is 0.221 e. The molecule has 0 fully saturated rings. The molecule has 0 bridgehead atoms. The topological polar surface area (TPSA) is 34.1 Å². The van der Waals surface area contributed by atoms with Crippen LogP contribution in [0.25, 0.3) is 0 Å². The zero-order chi connectivity index (χ0) is 10.2. The predicted molar refractivity (Wildman–Crippen MR) is 30.6 cm³/mol. The molecule has 0 aromatic carbocycles. The molecule has 0 spiro atoms. The molecule has 0 radical (unpaired) electrons. The maximum Gasteiger partial charge on any atom is 0.469 e. The molecule has 9 heteroatoms. The van der Waals surface area contributed by atoms with Crippen LogP contribution in [-0.2, 0) is 9.84 Å². The predicted octanol–water partition coefficient (Wildman–Crippen LogP) is 1.75. The summed E-state index contributed by atoms with van der Waals surface area (Å²) in [6.45, 7) is 0. The van der Waals surface area contributed by atoms with Gasteiger partial charge in [0, 0.05) is 0 Å². The molecule has 74 valence electrons. The van der Waals surface area contributed by atoms with Crippen molar-refractivity contribution in [3.63, 3.8) is 0 Å². The Morgan fingerprint density at radius 3 is 1.50 bits per heavy atom. The second-order valence-corrected chi connectivity index (χ2v) is 4.35. The number of rotatable bonds is 2. The van der Waals surface area contributed by atoms with Gasteiger partial charge >= 0.3 is 11.4 Å². The van der Waals surface area contributed by atoms with Gasteiger partial charge in [0.05, 0.1) is 0 Å². The van der Waals surface area contributed by atoms with Crippen LogP contribution >= 0.6 is 11.6 Å². The summed E-state index contributed by atoms with van der Waals surface area (Å²) < 4.78 is 77.9. The van der Waals surface area contributed by atoms with Gasteiger partial charge in [-0.1, -0.05) is 0 Å². The molecule has 0 unspecified atom stereocenters. The summed E-state index contributed by atoms with van der Waals surface area (Å²) in [5.41, 5.74) is 0. The van der Waals surface area contributed by atoms with E-state index >= 15 is 0 Å². The second kappa shape index (κ2) is 2.99. The Hall–Kier alpha value is -0.110. The third-order valence-corrected chi connectivity index (χ3v) is 3.03. The lowest BCUT2D eigenvalue weighted by atomic mass is 10.7. The van der Waals surface area contributed by atoms with Gasteiger partial charge in [-0.05, 0) is 0 Å². The summed E-state index contributed by atoms with van der Waals surface area (Å²) in [5.74, 6) is 0. The Bertz CT molecular complexity index is 254. The standard InChI is InChI=1S/C3H2ClF5O2S/c4-1-12(10,11)3(8,9)2(5,6)7/h1H2. The molecular formula is C3H2ClF5O2S. The van der Waals surface area contributed by atoms with E-state index in [1.807, 2.05) is 0 Å². The molecule has 0 heterocycles. The molecule has 0 rings (SSSR count). The fraction of sp³-hybridized carbons (Fsp3) is 1.00. The van der Waals surface area contributed by atoms with Crippen molar-refractivity contribution in [2.45, 2.75) is 11.4 Å². The third kappa shape index (κ3) is 1.79. The molecular weight excluding hydrogens is 231 g/mol. The molecule has 0 saturated carbocycles. The molecule has 0 atom stereocenters. The van der Waals surface area contributed by atoms with E-state index in [9.17, 15) is 30.4 Å². The minimum absolute atomic E-state index is 1.78. The lowest BCUT2D eigenvalue weighted by molar-refractivity contribution is -0.241. The Balaban J connectivity index is 5.14. The highest BCUT2D eigenvalue weighted by atomic mass is 35.5. The molecule has 0 aliphatic rings. The van der Waals surface area contributed by atoms with Gasteiger partial charge < -0.3 is 0 Å². The van der Waals surface area contributed by atoms with Crippen LogP contribution in [0.3, 0.4) is 0 Å². The van der Waals surface area contributed by atoms with E-state index in [1.54, 1.807) is 0 Å². The molecule has 0 amide bonds. The van der Waals surface area contributed by atoms with Crippen molar-refractivity contribution in [3.05, 3.63) is 0 Å². The lowest BCUT2D eigenvalue weighted by Crippen LogP contribution is -2.44. The SMILES string of the molecule is O=S(=O)(CCl)C(F)(F)C(F)(F)F. The van der Waals surface area contributed by atoms with E-state index < -0.39 is 26.5 Å². The normalized spacial score (nSPS) is 14.8. The lowest BCUT2D eigenvalue weighted by Gasteiger charge is -2.17. The van der Waals surface area contributed by atoms with Crippen molar-refractivity contribution in [2.24, 2.45) is 0 Å². The van der Waals surface area contributed by atoms with Gasteiger partial charge in [-0.2, -0.15) is 22.0 Å². The Morgan fingerprint density at radius 2 is 1.42 bits per heavy atom. The van der Waals surface area contributed by atoms with Crippen molar-refractivity contribution in [1.29, 1.82) is 0 Å². The average Bonchev–Trinajstić information content (AvgIpc) is 1.85. The number of alkyl halides is 6. The van der Waals surface area contributed by atoms with Crippen LogP contribution in [0.15, 0.2) is 0 Å². The number of hydrogen-bond donors (Lipinski definition) is 0. The molecule has 12 heavy (non-hydrogen) atoms. The minimum Gasteiger partial charge on any atom is -0.221 e. The van der Waals surface area contributed by atoms with E-state index in [2.05, 4.69) is 11.6 Å². The molecule has 0 aliphatic heterocycles. The fourth-order valence-corrected chi connectivity index (χ4v) is 1.15.